The third kappa shape index (κ3) is 16.3. The predicted molar refractivity (Wildman–Crippen MR) is 265 cm³/mol. The van der Waals surface area contributed by atoms with Gasteiger partial charge in [-0.15, -0.1) is 0 Å². The molecule has 1 saturated carbocycles. The number of ether oxygens (including phenoxy) is 7. The van der Waals surface area contributed by atoms with Gasteiger partial charge in [-0.3, -0.25) is 19.2 Å². The summed E-state index contributed by atoms with van der Waals surface area (Å²) in [6, 6.07) is -1.14. The third-order valence-corrected chi connectivity index (χ3v) is 15.2. The van der Waals surface area contributed by atoms with Crippen LogP contribution >= 0.6 is 0 Å². The van der Waals surface area contributed by atoms with Gasteiger partial charge in [0.2, 0.25) is 5.79 Å². The maximum Gasteiger partial charge on any atom is 0.329 e. The van der Waals surface area contributed by atoms with E-state index in [0.29, 0.717) is 76.8 Å². The lowest BCUT2D eigenvalue weighted by Crippen LogP contribution is -2.61. The van der Waals surface area contributed by atoms with Crippen LogP contribution in [-0.4, -0.2) is 147 Å². The van der Waals surface area contributed by atoms with Crippen molar-refractivity contribution in [3.05, 3.63) is 47.6 Å². The predicted octanol–water partition coefficient (Wildman–Crippen LogP) is 7.24. The van der Waals surface area contributed by atoms with E-state index in [0.717, 1.165) is 18.4 Å². The Kier molecular flexibility index (Phi) is 24.3. The Balaban J connectivity index is 1.68. The number of aliphatic hydroxyl groups is 2. The molecule has 15 heteroatoms. The lowest BCUT2D eigenvalue weighted by atomic mass is 9.78. The molecule has 396 valence electrons. The van der Waals surface area contributed by atoms with Crippen molar-refractivity contribution in [1.29, 1.82) is 0 Å². The zero-order valence-corrected chi connectivity index (χ0v) is 44.1. The summed E-state index contributed by atoms with van der Waals surface area (Å²) in [6.45, 7) is 16.4. The molecule has 3 fully saturated rings. The van der Waals surface area contributed by atoms with Crippen molar-refractivity contribution < 1.29 is 67.3 Å². The normalized spacial score (nSPS) is 37.5. The van der Waals surface area contributed by atoms with Crippen LogP contribution in [0.4, 0.5) is 0 Å². The van der Waals surface area contributed by atoms with Crippen molar-refractivity contribution in [2.45, 2.75) is 187 Å². The van der Waals surface area contributed by atoms with Crippen molar-refractivity contribution in [2.75, 3.05) is 47.7 Å². The maximum absolute atomic E-state index is 14.5. The molecule has 0 aromatic carbocycles. The van der Waals surface area contributed by atoms with Crippen LogP contribution in [0.3, 0.4) is 0 Å². The summed E-state index contributed by atoms with van der Waals surface area (Å²) in [5.41, 5.74) is 1.28. The molecular formula is C55H87NO14. The number of carbonyl (C=O) groups is 5. The average molecular weight is 986 g/mol. The number of methoxy groups -OCH3 is 3. The van der Waals surface area contributed by atoms with Crippen LogP contribution in [0.15, 0.2) is 47.6 Å². The van der Waals surface area contributed by atoms with E-state index in [1.807, 2.05) is 65.0 Å². The van der Waals surface area contributed by atoms with E-state index < -0.39 is 77.8 Å². The number of hydrogen-bond acceptors (Lipinski definition) is 14. The highest BCUT2D eigenvalue weighted by molar-refractivity contribution is 6.39. The van der Waals surface area contributed by atoms with Crippen molar-refractivity contribution in [3.63, 3.8) is 0 Å². The van der Waals surface area contributed by atoms with E-state index >= 15 is 0 Å². The summed E-state index contributed by atoms with van der Waals surface area (Å²) < 4.78 is 41.5. The SMILES string of the molecule is CCOCCO[C@@H]1CC[C@@H](C[C@@H](C)[C@@H]2CC(=O)[C@H](C)/C=C(/C)[C@@H](O)[C@@H](OC)C(=O)[C@H](C)C[C@H](C)C=CC=C/C=C(\C)[C@@H](OC)C[C@@H]3CC[C@@H](C)[C@@](O)(O3)C(=O)C(=O)N3CCCC[C@H]3C(=O)O2)C[C@H]1OC. The molecule has 2 N–H and O–H groups in total. The van der Waals surface area contributed by atoms with E-state index in [-0.39, 0.29) is 60.9 Å². The minimum absolute atomic E-state index is 0.0195. The largest absolute Gasteiger partial charge is 0.460 e. The second-order valence-corrected chi connectivity index (χ2v) is 20.6. The van der Waals surface area contributed by atoms with Crippen LogP contribution in [-0.2, 0) is 57.1 Å². The molecule has 1 amide bonds. The number of nitrogens with zero attached hydrogens (tertiary/aromatic N) is 1. The molecule has 4 aliphatic rings. The molecule has 0 spiro atoms. The molecule has 1 aliphatic carbocycles. The zero-order chi connectivity index (χ0) is 51.7. The number of allylic oxidation sites excluding steroid dienone is 6. The summed E-state index contributed by atoms with van der Waals surface area (Å²) in [4.78, 5) is 72.4. The molecule has 2 bridgehead atoms. The van der Waals surface area contributed by atoms with Gasteiger partial charge in [-0.25, -0.2) is 4.79 Å². The first-order valence-electron chi connectivity index (χ1n) is 26.0. The van der Waals surface area contributed by atoms with E-state index in [9.17, 15) is 34.2 Å². The Hall–Kier alpha value is -3.41. The monoisotopic (exact) mass is 986 g/mol. The second kappa shape index (κ2) is 28.7. The van der Waals surface area contributed by atoms with Gasteiger partial charge in [-0.1, -0.05) is 71.1 Å². The highest BCUT2D eigenvalue weighted by atomic mass is 16.6. The molecule has 3 aliphatic heterocycles. The maximum atomic E-state index is 14.5. The molecule has 3 heterocycles. The van der Waals surface area contributed by atoms with Crippen molar-refractivity contribution >= 4 is 29.2 Å². The van der Waals surface area contributed by atoms with E-state index in [1.54, 1.807) is 41.1 Å². The number of piperidine rings is 1. The highest BCUT2D eigenvalue weighted by Gasteiger charge is 2.53. The second-order valence-electron chi connectivity index (χ2n) is 20.6. The summed E-state index contributed by atoms with van der Waals surface area (Å²) >= 11 is 0. The number of aliphatic hydroxyl groups excluding tert-OH is 1. The molecule has 0 radical (unpaired) electrons. The van der Waals surface area contributed by atoms with Crippen molar-refractivity contribution in [3.8, 4) is 0 Å². The first-order chi connectivity index (χ1) is 33.3. The number of hydrogen-bond donors (Lipinski definition) is 2. The summed E-state index contributed by atoms with van der Waals surface area (Å²) in [7, 11) is 4.64. The van der Waals surface area contributed by atoms with Gasteiger partial charge in [0.25, 0.3) is 11.7 Å². The highest BCUT2D eigenvalue weighted by Crippen LogP contribution is 2.38. The number of amides is 1. The topological polar surface area (TPSA) is 194 Å². The lowest BCUT2D eigenvalue weighted by Gasteiger charge is -2.42. The number of esters is 1. The van der Waals surface area contributed by atoms with Crippen LogP contribution in [0.5, 0.6) is 0 Å². The molecule has 4 rings (SSSR count). The minimum Gasteiger partial charge on any atom is -0.460 e. The number of Topliss-reactive ketones (excluding diaryl/α,β-unsaturated/α-hetero) is 3. The van der Waals surface area contributed by atoms with Crippen LogP contribution in [0.1, 0.15) is 132 Å². The Bertz CT molecular complexity index is 1840. The molecule has 70 heavy (non-hydrogen) atoms. The lowest BCUT2D eigenvalue weighted by molar-refractivity contribution is -0.265. The van der Waals surface area contributed by atoms with Gasteiger partial charge in [0.1, 0.15) is 30.1 Å². The van der Waals surface area contributed by atoms with Gasteiger partial charge in [-0.2, -0.15) is 0 Å². The van der Waals surface area contributed by atoms with E-state index in [1.165, 1.54) is 12.0 Å². The molecule has 2 saturated heterocycles. The fourth-order valence-corrected chi connectivity index (χ4v) is 10.7. The molecule has 0 unspecified atom stereocenters. The summed E-state index contributed by atoms with van der Waals surface area (Å²) in [6.07, 6.45) is 12.4. The Morgan fingerprint density at radius 3 is 2.27 bits per heavy atom. The number of fused-ring (bicyclic) bond motifs is 3. The van der Waals surface area contributed by atoms with Gasteiger partial charge in [0, 0.05) is 65.1 Å². The fraction of sp³-hybridized carbons (Fsp3) is 0.764. The first kappa shape index (κ1) is 59.2. The molecule has 15 nitrogen and oxygen atoms in total. The summed E-state index contributed by atoms with van der Waals surface area (Å²) in [5, 5.41) is 23.5. The standard InChI is InChI=1S/C55H87NO14/c1-12-67-26-27-68-45-24-22-41(31-48(45)65-10)30-37(5)47-33-44(57)36(4)29-39(7)50(59)51(66-11)49(58)38(6)28-34(2)18-14-13-15-19-35(3)46(64-9)32-42-23-21-40(8)55(63,70-42)52(60)53(61)56-25-17-16-20-43(56)54(62)69-47/h13-15,18-19,29,34,36-38,40-43,45-48,50-51,59,63H,12,16-17,20-28,30-33H2,1-11H3/b15-13?,18-14?,35-19+,39-29-/t34-,36-,37-,38-,40-,41+,42+,43+,45-,46+,47+,48-,50-,51+,55-/m1/s1. The third-order valence-electron chi connectivity index (χ3n) is 15.2. The van der Waals surface area contributed by atoms with E-state index in [2.05, 4.69) is 0 Å². The number of rotatable bonds is 11. The minimum atomic E-state index is -2.43. The zero-order valence-electron chi connectivity index (χ0n) is 44.1. The van der Waals surface area contributed by atoms with Crippen molar-refractivity contribution in [1.82, 2.24) is 4.90 Å². The van der Waals surface area contributed by atoms with Gasteiger partial charge in [0.15, 0.2) is 5.78 Å². The fourth-order valence-electron chi connectivity index (χ4n) is 10.7. The van der Waals surface area contributed by atoms with Crippen LogP contribution in [0.2, 0.25) is 0 Å². The van der Waals surface area contributed by atoms with E-state index in [4.69, 9.17) is 33.2 Å². The number of ketones is 3. The smallest absolute Gasteiger partial charge is 0.329 e. The van der Waals surface area contributed by atoms with Crippen molar-refractivity contribution in [2.24, 2.45) is 35.5 Å². The van der Waals surface area contributed by atoms with Gasteiger partial charge in [-0.05, 0) is 114 Å². The van der Waals surface area contributed by atoms with Crippen LogP contribution in [0.25, 0.3) is 0 Å². The molecule has 0 aromatic rings. The molecule has 0 aromatic heterocycles. The number of carbonyl (C=O) groups excluding carboxylic acids is 5. The summed E-state index contributed by atoms with van der Waals surface area (Å²) in [5.74, 6) is -7.83. The average Bonchev–Trinajstić information content (AvgIpc) is 3.34. The number of cyclic esters (lactones) is 1. The first-order valence-corrected chi connectivity index (χ1v) is 26.0. The Morgan fingerprint density at radius 2 is 1.59 bits per heavy atom. The molecular weight excluding hydrogens is 899 g/mol. The van der Waals surface area contributed by atoms with Gasteiger partial charge < -0.3 is 48.3 Å². The van der Waals surface area contributed by atoms with Gasteiger partial charge in [0.05, 0.1) is 37.6 Å². The quantitative estimate of drug-likeness (QED) is 0.0911. The van der Waals surface area contributed by atoms with Crippen LogP contribution < -0.4 is 0 Å². The Morgan fingerprint density at radius 1 is 0.843 bits per heavy atom. The molecule has 15 atom stereocenters. The van der Waals surface area contributed by atoms with Gasteiger partial charge >= 0.3 is 5.97 Å². The Labute approximate surface area is 418 Å². The van der Waals surface area contributed by atoms with Crippen LogP contribution in [0, 0.1) is 35.5 Å².